The number of hydrogen-bond donors (Lipinski definition) is 2. The predicted octanol–water partition coefficient (Wildman–Crippen LogP) is 2.19. The molecule has 1 fully saturated rings. The minimum absolute atomic E-state index is 0.0827. The summed E-state index contributed by atoms with van der Waals surface area (Å²) in [4.78, 5) is 23.6. The van der Waals surface area contributed by atoms with Gasteiger partial charge in [0.2, 0.25) is 18.6 Å². The molecule has 2 heterocycles. The molecule has 12 nitrogen and oxygen atoms in total. The molecule has 1 saturated carbocycles. The molecule has 0 aromatic carbocycles. The minimum atomic E-state index is -3.74. The molecule has 2 aromatic rings. The molecular weight excluding hydrogens is 417 g/mol. The quantitative estimate of drug-likeness (QED) is 0.333. The number of aromatic hydroxyl groups is 1. The average Bonchev–Trinajstić information content (AvgIpc) is 3.32. The van der Waals surface area contributed by atoms with E-state index < -0.39 is 31.4 Å². The number of imidazole rings is 1. The van der Waals surface area contributed by atoms with Crippen LogP contribution in [0.3, 0.4) is 0 Å². The molecular formula is C17H25N5O7P. The summed E-state index contributed by atoms with van der Waals surface area (Å²) in [5.41, 5.74) is 4.81. The van der Waals surface area contributed by atoms with Crippen LogP contribution in [0, 0.1) is 12.5 Å². The number of carbonyl (C=O) groups excluding carboxylic acids is 1. The Bertz CT molecular complexity index is 983. The third kappa shape index (κ3) is 5.07. The zero-order chi connectivity index (χ0) is 22.2. The second-order valence-corrected chi connectivity index (χ2v) is 10.1. The highest BCUT2D eigenvalue weighted by atomic mass is 31.2. The molecule has 1 unspecified atom stereocenters. The van der Waals surface area contributed by atoms with Crippen LogP contribution in [0.2, 0.25) is 0 Å². The molecule has 1 aliphatic rings. The Morgan fingerprint density at radius 2 is 2.10 bits per heavy atom. The molecule has 1 aliphatic carbocycles. The van der Waals surface area contributed by atoms with Gasteiger partial charge in [-0.25, -0.2) is 4.98 Å². The van der Waals surface area contributed by atoms with E-state index in [2.05, 4.69) is 22.1 Å². The lowest BCUT2D eigenvalue weighted by molar-refractivity contribution is -0.160. The van der Waals surface area contributed by atoms with Crippen molar-refractivity contribution in [2.24, 2.45) is 5.41 Å². The fraction of sp³-hybridized carbons (Fsp3) is 0.588. The van der Waals surface area contributed by atoms with Crippen LogP contribution >= 0.6 is 7.60 Å². The number of aromatic nitrogens is 4. The number of hydrogen-bond acceptors (Lipinski definition) is 11. The van der Waals surface area contributed by atoms with Gasteiger partial charge in [0.05, 0.1) is 31.0 Å². The third-order valence-corrected chi connectivity index (χ3v) is 5.84. The monoisotopic (exact) mass is 442 g/mol. The largest absolute Gasteiger partial charge is 0.492 e. The van der Waals surface area contributed by atoms with Crippen LogP contribution in [0.15, 0.2) is 6.33 Å². The molecule has 13 heteroatoms. The maximum atomic E-state index is 12.7. The molecule has 1 atom stereocenters. The van der Waals surface area contributed by atoms with E-state index in [-0.39, 0.29) is 23.7 Å². The lowest BCUT2D eigenvalue weighted by atomic mass is 9.98. The fourth-order valence-electron chi connectivity index (χ4n) is 2.56. The van der Waals surface area contributed by atoms with Crippen molar-refractivity contribution in [3.63, 3.8) is 0 Å². The van der Waals surface area contributed by atoms with E-state index in [0.717, 1.165) is 0 Å². The highest BCUT2D eigenvalue weighted by Crippen LogP contribution is 2.52. The first-order chi connectivity index (χ1) is 14.0. The van der Waals surface area contributed by atoms with Gasteiger partial charge in [0.1, 0.15) is 6.35 Å². The van der Waals surface area contributed by atoms with Gasteiger partial charge in [0, 0.05) is 0 Å². The number of ether oxygens (including phenoxy) is 2. The highest BCUT2D eigenvalue weighted by Gasteiger charge is 2.46. The summed E-state index contributed by atoms with van der Waals surface area (Å²) in [6.07, 6.45) is 2.49. The molecule has 0 amide bonds. The van der Waals surface area contributed by atoms with Crippen molar-refractivity contribution in [2.45, 2.75) is 45.8 Å². The molecule has 0 saturated heterocycles. The van der Waals surface area contributed by atoms with Crippen LogP contribution in [0.4, 0.5) is 5.95 Å². The van der Waals surface area contributed by atoms with Crippen LogP contribution in [-0.2, 0) is 34.4 Å². The SMILES string of the molecule is [CH2]OP(=O)(COC1(Cn2cnc3c(O)nc(N)nc32)CC1)OCOC(=O)C(C)(C)C. The summed E-state index contributed by atoms with van der Waals surface area (Å²) >= 11 is 0. The van der Waals surface area contributed by atoms with E-state index in [1.165, 1.54) is 6.33 Å². The first-order valence-corrected chi connectivity index (χ1v) is 10.9. The van der Waals surface area contributed by atoms with E-state index in [1.807, 2.05) is 0 Å². The highest BCUT2D eigenvalue weighted by molar-refractivity contribution is 7.53. The first-order valence-electron chi connectivity index (χ1n) is 9.13. The summed E-state index contributed by atoms with van der Waals surface area (Å²) in [6, 6.07) is 0. The van der Waals surface area contributed by atoms with Crippen molar-refractivity contribution < 1.29 is 33.0 Å². The second kappa shape index (κ2) is 8.10. The Morgan fingerprint density at radius 1 is 1.40 bits per heavy atom. The van der Waals surface area contributed by atoms with Gasteiger partial charge in [-0.3, -0.25) is 13.9 Å². The van der Waals surface area contributed by atoms with E-state index in [4.69, 9.17) is 24.3 Å². The van der Waals surface area contributed by atoms with Crippen molar-refractivity contribution in [1.29, 1.82) is 0 Å². The average molecular weight is 442 g/mol. The second-order valence-electron chi connectivity index (χ2n) is 8.08. The number of rotatable bonds is 9. The molecule has 3 rings (SSSR count). The number of fused-ring (bicyclic) bond motifs is 1. The third-order valence-electron chi connectivity index (χ3n) is 4.51. The number of esters is 1. The Hall–Kier alpha value is -2.27. The zero-order valence-electron chi connectivity index (χ0n) is 17.0. The molecule has 165 valence electrons. The van der Waals surface area contributed by atoms with Crippen molar-refractivity contribution in [3.8, 4) is 5.88 Å². The Labute approximate surface area is 173 Å². The van der Waals surface area contributed by atoms with Crippen LogP contribution in [0.5, 0.6) is 5.88 Å². The summed E-state index contributed by atoms with van der Waals surface area (Å²) in [5, 5.41) is 9.84. The first kappa shape index (κ1) is 22.4. The number of anilines is 1. The zero-order valence-corrected chi connectivity index (χ0v) is 17.9. The van der Waals surface area contributed by atoms with E-state index in [1.54, 1.807) is 25.3 Å². The van der Waals surface area contributed by atoms with Gasteiger partial charge >= 0.3 is 13.6 Å². The Balaban J connectivity index is 1.60. The van der Waals surface area contributed by atoms with Gasteiger partial charge in [-0.15, -0.1) is 0 Å². The predicted molar refractivity (Wildman–Crippen MR) is 105 cm³/mol. The number of carbonyl (C=O) groups is 1. The fourth-order valence-corrected chi connectivity index (χ4v) is 3.43. The van der Waals surface area contributed by atoms with Crippen molar-refractivity contribution in [3.05, 3.63) is 13.4 Å². The summed E-state index contributed by atoms with van der Waals surface area (Å²) < 4.78 is 35.0. The maximum absolute atomic E-state index is 12.7. The van der Waals surface area contributed by atoms with Crippen LogP contribution < -0.4 is 5.73 Å². The molecule has 3 N–H and O–H groups in total. The van der Waals surface area contributed by atoms with Crippen LogP contribution in [0.1, 0.15) is 33.6 Å². The van der Waals surface area contributed by atoms with Crippen LogP contribution in [-0.4, -0.2) is 49.3 Å². The summed E-state index contributed by atoms with van der Waals surface area (Å²) in [5.74, 6) is -0.898. The van der Waals surface area contributed by atoms with Crippen molar-refractivity contribution >= 4 is 30.7 Å². The number of nitrogens with zero attached hydrogens (tertiary/aromatic N) is 4. The Morgan fingerprint density at radius 3 is 2.70 bits per heavy atom. The normalized spacial score (nSPS) is 17.6. The van der Waals surface area contributed by atoms with E-state index >= 15 is 0 Å². The topological polar surface area (TPSA) is 161 Å². The van der Waals surface area contributed by atoms with Crippen LogP contribution in [0.25, 0.3) is 11.2 Å². The van der Waals surface area contributed by atoms with Crippen molar-refractivity contribution in [2.75, 3.05) is 18.9 Å². The molecule has 30 heavy (non-hydrogen) atoms. The lowest BCUT2D eigenvalue weighted by Crippen LogP contribution is -2.25. The number of nitrogens with two attached hydrogens (primary N) is 1. The molecule has 0 bridgehead atoms. The summed E-state index contributed by atoms with van der Waals surface area (Å²) in [6.45, 7) is 4.84. The van der Waals surface area contributed by atoms with Gasteiger partial charge in [0.25, 0.3) is 0 Å². The van der Waals surface area contributed by atoms with Gasteiger partial charge in [0.15, 0.2) is 11.2 Å². The summed E-state index contributed by atoms with van der Waals surface area (Å²) in [7, 11) is -0.561. The van der Waals surface area contributed by atoms with Gasteiger partial charge in [-0.2, -0.15) is 9.97 Å². The molecule has 1 radical (unpaired) electrons. The Kier molecular flexibility index (Phi) is 6.06. The number of nitrogen functional groups attached to an aromatic ring is 1. The van der Waals surface area contributed by atoms with Crippen molar-refractivity contribution in [1.82, 2.24) is 19.5 Å². The lowest BCUT2D eigenvalue weighted by Gasteiger charge is -2.22. The van der Waals surface area contributed by atoms with E-state index in [0.29, 0.717) is 25.0 Å². The smallest absolute Gasteiger partial charge is 0.359 e. The van der Waals surface area contributed by atoms with Gasteiger partial charge < -0.3 is 29.4 Å². The maximum Gasteiger partial charge on any atom is 0.359 e. The minimum Gasteiger partial charge on any atom is -0.492 e. The molecule has 2 aromatic heterocycles. The standard InChI is InChI=1S/C17H25N5O7P/c1-16(2,3)14(24)27-9-29-30(25,26-4)10-28-17(5-6-17)7-22-8-19-11-12(22)20-15(18)21-13(11)23/h8H,4-7,9-10H2,1-3H3,(H3,18,20,21,23). The van der Waals surface area contributed by atoms with E-state index in [9.17, 15) is 14.5 Å². The van der Waals surface area contributed by atoms with Gasteiger partial charge in [-0.05, 0) is 33.6 Å². The molecule has 0 aliphatic heterocycles. The van der Waals surface area contributed by atoms with Gasteiger partial charge in [-0.1, -0.05) is 0 Å². The molecule has 0 spiro atoms.